The Morgan fingerprint density at radius 3 is 2.75 bits per heavy atom. The molecule has 0 aliphatic rings. The smallest absolute Gasteiger partial charge is 0.255 e. The number of pyridine rings is 1. The molecule has 0 aliphatic carbocycles. The second-order valence-corrected chi connectivity index (χ2v) is 7.24. The first kappa shape index (κ1) is 21.3. The molecule has 0 aliphatic heterocycles. The van der Waals surface area contributed by atoms with Gasteiger partial charge < -0.3 is 18.9 Å². The monoisotopic (exact) mass is 436 g/mol. The second-order valence-electron chi connectivity index (χ2n) is 7.24. The lowest BCUT2D eigenvalue weighted by atomic mass is 10.2. The van der Waals surface area contributed by atoms with E-state index in [0.29, 0.717) is 47.4 Å². The maximum absolute atomic E-state index is 12.9. The van der Waals surface area contributed by atoms with Gasteiger partial charge in [0.15, 0.2) is 11.5 Å². The molecule has 3 aromatic heterocycles. The summed E-state index contributed by atoms with van der Waals surface area (Å²) in [4.78, 5) is 23.1. The summed E-state index contributed by atoms with van der Waals surface area (Å²) in [6, 6.07) is 7.41. The van der Waals surface area contributed by atoms with E-state index >= 15 is 0 Å². The summed E-state index contributed by atoms with van der Waals surface area (Å²) in [5.41, 5.74) is 2.06. The van der Waals surface area contributed by atoms with Crippen LogP contribution in [0.4, 0.5) is 0 Å². The fourth-order valence-electron chi connectivity index (χ4n) is 3.34. The molecule has 1 amide bonds. The molecule has 10 nitrogen and oxygen atoms in total. The van der Waals surface area contributed by atoms with Crippen molar-refractivity contribution in [2.24, 2.45) is 0 Å². The minimum Gasteiger partial charge on any atom is -0.497 e. The van der Waals surface area contributed by atoms with E-state index in [0.717, 1.165) is 10.9 Å². The molecule has 0 saturated carbocycles. The molecular formula is C22H24N6O4. The lowest BCUT2D eigenvalue weighted by molar-refractivity contribution is 0.0769. The second kappa shape index (κ2) is 9.04. The summed E-state index contributed by atoms with van der Waals surface area (Å²) in [6.45, 7) is 2.63. The van der Waals surface area contributed by atoms with Gasteiger partial charge in [0.2, 0.25) is 5.89 Å². The van der Waals surface area contributed by atoms with Gasteiger partial charge >= 0.3 is 0 Å². The number of carbonyl (C=O) groups excluding carboxylic acids is 1. The highest BCUT2D eigenvalue weighted by Gasteiger charge is 2.18. The number of aryl methyl sites for hydroxylation is 1. The summed E-state index contributed by atoms with van der Waals surface area (Å²) in [7, 11) is 4.91. The van der Waals surface area contributed by atoms with E-state index in [1.54, 1.807) is 44.4 Å². The highest BCUT2D eigenvalue weighted by molar-refractivity contribution is 5.96. The van der Waals surface area contributed by atoms with E-state index in [4.69, 9.17) is 14.0 Å². The normalized spacial score (nSPS) is 11.0. The summed E-state index contributed by atoms with van der Waals surface area (Å²) in [6.07, 6.45) is 3.92. The molecule has 0 spiro atoms. The number of ether oxygens (including phenoxy) is 2. The van der Waals surface area contributed by atoms with E-state index in [-0.39, 0.29) is 12.5 Å². The average Bonchev–Trinajstić information content (AvgIpc) is 3.45. The zero-order valence-electron chi connectivity index (χ0n) is 18.4. The number of hydrogen-bond donors (Lipinski definition) is 0. The van der Waals surface area contributed by atoms with Crippen LogP contribution in [0.5, 0.6) is 11.5 Å². The topological polar surface area (TPSA) is 108 Å². The van der Waals surface area contributed by atoms with Gasteiger partial charge in [0.25, 0.3) is 5.91 Å². The number of carbonyl (C=O) groups is 1. The lowest BCUT2D eigenvalue weighted by Crippen LogP contribution is -2.26. The van der Waals surface area contributed by atoms with Gasteiger partial charge in [0, 0.05) is 36.7 Å². The number of benzene rings is 1. The molecule has 0 atom stereocenters. The van der Waals surface area contributed by atoms with Crippen molar-refractivity contribution in [2.75, 3.05) is 21.3 Å². The number of hydrogen-bond acceptors (Lipinski definition) is 8. The molecule has 4 aromatic rings. The van der Waals surface area contributed by atoms with Crippen LogP contribution >= 0.6 is 0 Å². The molecular weight excluding hydrogens is 412 g/mol. The third-order valence-electron chi connectivity index (χ3n) is 5.08. The number of fused-ring (bicyclic) bond motifs is 1. The fraction of sp³-hybridized carbons (Fsp3) is 0.318. The first-order valence-corrected chi connectivity index (χ1v) is 10.1. The molecule has 0 unspecified atom stereocenters. The average molecular weight is 436 g/mol. The van der Waals surface area contributed by atoms with Crippen LogP contribution < -0.4 is 9.47 Å². The van der Waals surface area contributed by atoms with Crippen LogP contribution in [0.3, 0.4) is 0 Å². The first-order chi connectivity index (χ1) is 15.5. The van der Waals surface area contributed by atoms with Crippen molar-refractivity contribution in [1.82, 2.24) is 29.8 Å². The molecule has 3 heterocycles. The molecule has 0 radical (unpaired) electrons. The van der Waals surface area contributed by atoms with E-state index in [2.05, 4.69) is 20.2 Å². The molecule has 10 heteroatoms. The molecule has 32 heavy (non-hydrogen) atoms. The number of methoxy groups -OCH3 is 2. The zero-order valence-corrected chi connectivity index (χ0v) is 18.4. The van der Waals surface area contributed by atoms with Crippen molar-refractivity contribution in [1.29, 1.82) is 0 Å². The Morgan fingerprint density at radius 2 is 2.03 bits per heavy atom. The van der Waals surface area contributed by atoms with Gasteiger partial charge in [0.1, 0.15) is 11.5 Å². The highest BCUT2D eigenvalue weighted by Crippen LogP contribution is 2.26. The fourth-order valence-corrected chi connectivity index (χ4v) is 3.34. The van der Waals surface area contributed by atoms with Crippen LogP contribution in [0.15, 0.2) is 41.2 Å². The Balaban J connectivity index is 1.53. The Labute approximate surface area is 184 Å². The van der Waals surface area contributed by atoms with E-state index in [9.17, 15) is 4.79 Å². The van der Waals surface area contributed by atoms with Gasteiger partial charge in [-0.15, -0.1) is 0 Å². The van der Waals surface area contributed by atoms with Crippen molar-refractivity contribution in [2.45, 2.75) is 26.4 Å². The van der Waals surface area contributed by atoms with Crippen molar-refractivity contribution in [3.8, 4) is 11.5 Å². The standard InChI is InChI=1S/C22H24N6O4/c1-5-19-25-20(32-26-19)13-27(2)22(29)16-8-15-11-24-28(21(15)23-10-16)12-14-6-7-17(30-3)9-18(14)31-4/h6-11H,5,12-13H2,1-4H3. The minimum atomic E-state index is -0.194. The number of rotatable bonds is 8. The van der Waals surface area contributed by atoms with Crippen molar-refractivity contribution >= 4 is 16.9 Å². The molecule has 0 bridgehead atoms. The van der Waals surface area contributed by atoms with Crippen LogP contribution in [0, 0.1) is 0 Å². The number of amides is 1. The Bertz CT molecular complexity index is 1250. The molecule has 0 fully saturated rings. The van der Waals surface area contributed by atoms with E-state index in [1.165, 1.54) is 4.90 Å². The Kier molecular flexibility index (Phi) is 6.02. The number of nitrogens with zero attached hydrogens (tertiary/aromatic N) is 6. The number of aromatic nitrogens is 5. The summed E-state index contributed by atoms with van der Waals surface area (Å²) >= 11 is 0. The molecule has 0 saturated heterocycles. The predicted octanol–water partition coefficient (Wildman–Crippen LogP) is 2.71. The maximum atomic E-state index is 12.9. The largest absolute Gasteiger partial charge is 0.497 e. The molecule has 4 rings (SSSR count). The summed E-state index contributed by atoms with van der Waals surface area (Å²) in [5, 5.41) is 9.07. The van der Waals surface area contributed by atoms with Crippen LogP contribution in [0.1, 0.15) is 34.6 Å². The molecule has 0 N–H and O–H groups in total. The van der Waals surface area contributed by atoms with Gasteiger partial charge in [-0.3, -0.25) is 4.79 Å². The van der Waals surface area contributed by atoms with Gasteiger partial charge in [-0.1, -0.05) is 12.1 Å². The third-order valence-corrected chi connectivity index (χ3v) is 5.08. The Morgan fingerprint density at radius 1 is 1.19 bits per heavy atom. The lowest BCUT2D eigenvalue weighted by Gasteiger charge is -2.14. The zero-order chi connectivity index (χ0) is 22.7. The minimum absolute atomic E-state index is 0.194. The highest BCUT2D eigenvalue weighted by atomic mass is 16.5. The summed E-state index contributed by atoms with van der Waals surface area (Å²) < 4.78 is 17.7. The third kappa shape index (κ3) is 4.25. The van der Waals surface area contributed by atoms with Crippen LogP contribution in [0.25, 0.3) is 11.0 Å². The summed E-state index contributed by atoms with van der Waals surface area (Å²) in [5.74, 6) is 2.24. The van der Waals surface area contributed by atoms with Gasteiger partial charge in [-0.25, -0.2) is 9.67 Å². The quantitative estimate of drug-likeness (QED) is 0.415. The molecule has 166 valence electrons. The Hall–Kier alpha value is -3.95. The van der Waals surface area contributed by atoms with Crippen molar-refractivity contribution < 1.29 is 18.8 Å². The van der Waals surface area contributed by atoms with E-state index in [1.807, 2.05) is 25.1 Å². The van der Waals surface area contributed by atoms with Gasteiger partial charge in [0.05, 0.1) is 39.1 Å². The van der Waals surface area contributed by atoms with Crippen LogP contribution in [0.2, 0.25) is 0 Å². The maximum Gasteiger partial charge on any atom is 0.255 e. The van der Waals surface area contributed by atoms with Crippen LogP contribution in [-0.2, 0) is 19.5 Å². The van der Waals surface area contributed by atoms with E-state index < -0.39 is 0 Å². The first-order valence-electron chi connectivity index (χ1n) is 10.1. The SMILES string of the molecule is CCc1noc(CN(C)C(=O)c2cnc3c(cnn3Cc3ccc(OC)cc3OC)c2)n1. The van der Waals surface area contributed by atoms with Crippen molar-refractivity contribution in [3.63, 3.8) is 0 Å². The molecule has 1 aromatic carbocycles. The van der Waals surface area contributed by atoms with Crippen molar-refractivity contribution in [3.05, 3.63) is 59.5 Å². The van der Waals surface area contributed by atoms with Gasteiger partial charge in [-0.2, -0.15) is 10.1 Å². The van der Waals surface area contributed by atoms with Crippen LogP contribution in [-0.4, -0.2) is 57.0 Å². The van der Waals surface area contributed by atoms with Gasteiger partial charge in [-0.05, 0) is 18.2 Å². The predicted molar refractivity (Wildman–Crippen MR) is 116 cm³/mol.